The van der Waals surface area contributed by atoms with Crippen molar-refractivity contribution in [2.75, 3.05) is 6.61 Å². The second-order valence-corrected chi connectivity index (χ2v) is 4.32. The molecule has 0 aliphatic heterocycles. The molecule has 0 N–H and O–H groups in total. The third-order valence-electron chi connectivity index (χ3n) is 2.35. The lowest BCUT2D eigenvalue weighted by Gasteiger charge is -2.10. The molecule has 0 aliphatic rings. The number of hydrogen-bond donors (Lipinski definition) is 0. The van der Waals surface area contributed by atoms with E-state index in [4.69, 9.17) is 25.5 Å². The highest BCUT2D eigenvalue weighted by Crippen LogP contribution is 2.23. The summed E-state index contributed by atoms with van der Waals surface area (Å²) in [7, 11) is 0. The molecule has 1 aromatic heterocycles. The molecule has 6 nitrogen and oxygen atoms in total. The SMILES string of the molecule is CCOC(=O)c1nnc(C(C)Oc2cccc(Cl)c2)o1. The number of nitrogens with zero attached hydrogens (tertiary/aromatic N) is 2. The summed E-state index contributed by atoms with van der Waals surface area (Å²) in [4.78, 5) is 11.4. The average molecular weight is 297 g/mol. The van der Waals surface area contributed by atoms with Gasteiger partial charge in [0.05, 0.1) is 6.61 Å². The van der Waals surface area contributed by atoms with Gasteiger partial charge in [-0.3, -0.25) is 0 Å². The Morgan fingerprint density at radius 3 is 2.95 bits per heavy atom. The fraction of sp³-hybridized carbons (Fsp3) is 0.308. The van der Waals surface area contributed by atoms with Crippen LogP contribution in [0.15, 0.2) is 28.7 Å². The minimum Gasteiger partial charge on any atom is -0.481 e. The average Bonchev–Trinajstić information content (AvgIpc) is 2.88. The molecule has 106 valence electrons. The van der Waals surface area contributed by atoms with Crippen LogP contribution in [0.4, 0.5) is 0 Å². The Labute approximate surface area is 120 Å². The molecular formula is C13H13ClN2O4. The molecule has 1 unspecified atom stereocenters. The van der Waals surface area contributed by atoms with Crippen LogP contribution in [0.25, 0.3) is 0 Å². The van der Waals surface area contributed by atoms with E-state index in [0.29, 0.717) is 10.8 Å². The summed E-state index contributed by atoms with van der Waals surface area (Å²) in [5.74, 6) is -0.0847. The molecule has 0 spiro atoms. The molecular weight excluding hydrogens is 284 g/mol. The summed E-state index contributed by atoms with van der Waals surface area (Å²) >= 11 is 5.86. The number of carbonyl (C=O) groups excluding carboxylic acids is 1. The lowest BCUT2D eigenvalue weighted by Crippen LogP contribution is -2.05. The molecule has 1 atom stereocenters. The number of benzene rings is 1. The summed E-state index contributed by atoms with van der Waals surface area (Å²) in [6.45, 7) is 3.66. The lowest BCUT2D eigenvalue weighted by molar-refractivity contribution is 0.0474. The molecule has 7 heteroatoms. The zero-order valence-corrected chi connectivity index (χ0v) is 11.8. The van der Waals surface area contributed by atoms with Crippen molar-refractivity contribution in [2.45, 2.75) is 20.0 Å². The van der Waals surface area contributed by atoms with E-state index in [0.717, 1.165) is 0 Å². The topological polar surface area (TPSA) is 74.5 Å². The molecule has 0 bridgehead atoms. The third-order valence-corrected chi connectivity index (χ3v) is 2.58. The van der Waals surface area contributed by atoms with Crippen LogP contribution in [0.3, 0.4) is 0 Å². The van der Waals surface area contributed by atoms with Crippen LogP contribution in [-0.2, 0) is 4.74 Å². The Morgan fingerprint density at radius 1 is 1.45 bits per heavy atom. The maximum absolute atomic E-state index is 11.4. The maximum Gasteiger partial charge on any atom is 0.396 e. The first-order chi connectivity index (χ1) is 9.60. The van der Waals surface area contributed by atoms with Gasteiger partial charge in [0.2, 0.25) is 0 Å². The van der Waals surface area contributed by atoms with Gasteiger partial charge in [0, 0.05) is 5.02 Å². The van der Waals surface area contributed by atoms with Crippen LogP contribution < -0.4 is 4.74 Å². The highest BCUT2D eigenvalue weighted by molar-refractivity contribution is 6.30. The maximum atomic E-state index is 11.4. The van der Waals surface area contributed by atoms with Gasteiger partial charge in [0.25, 0.3) is 5.89 Å². The van der Waals surface area contributed by atoms with Crippen LogP contribution in [0.1, 0.15) is 36.5 Å². The highest BCUT2D eigenvalue weighted by Gasteiger charge is 2.20. The van der Waals surface area contributed by atoms with Crippen molar-refractivity contribution in [2.24, 2.45) is 0 Å². The van der Waals surface area contributed by atoms with Crippen LogP contribution in [0.2, 0.25) is 5.02 Å². The van der Waals surface area contributed by atoms with Gasteiger partial charge < -0.3 is 13.9 Å². The number of rotatable bonds is 5. The number of hydrogen-bond acceptors (Lipinski definition) is 6. The Hall–Kier alpha value is -2.08. The fourth-order valence-electron chi connectivity index (χ4n) is 1.47. The lowest BCUT2D eigenvalue weighted by atomic mass is 10.3. The zero-order valence-electron chi connectivity index (χ0n) is 11.0. The fourth-order valence-corrected chi connectivity index (χ4v) is 1.65. The monoisotopic (exact) mass is 296 g/mol. The Bertz CT molecular complexity index is 600. The van der Waals surface area contributed by atoms with Crippen LogP contribution in [0, 0.1) is 0 Å². The predicted octanol–water partition coefficient (Wildman–Crippen LogP) is 3.04. The predicted molar refractivity (Wildman–Crippen MR) is 70.7 cm³/mol. The second-order valence-electron chi connectivity index (χ2n) is 3.88. The van der Waals surface area contributed by atoms with E-state index < -0.39 is 12.1 Å². The van der Waals surface area contributed by atoms with E-state index in [-0.39, 0.29) is 18.4 Å². The number of aromatic nitrogens is 2. The van der Waals surface area contributed by atoms with Gasteiger partial charge in [-0.05, 0) is 32.0 Å². The van der Waals surface area contributed by atoms with E-state index in [9.17, 15) is 4.79 Å². The van der Waals surface area contributed by atoms with Crippen molar-refractivity contribution in [3.05, 3.63) is 41.1 Å². The highest BCUT2D eigenvalue weighted by atomic mass is 35.5. The number of ether oxygens (including phenoxy) is 2. The van der Waals surface area contributed by atoms with Crippen molar-refractivity contribution in [3.63, 3.8) is 0 Å². The summed E-state index contributed by atoms with van der Waals surface area (Å²) < 4.78 is 15.6. The number of esters is 1. The largest absolute Gasteiger partial charge is 0.481 e. The van der Waals surface area contributed by atoms with Crippen molar-refractivity contribution in [3.8, 4) is 5.75 Å². The van der Waals surface area contributed by atoms with Gasteiger partial charge in [0.15, 0.2) is 6.10 Å². The normalized spacial score (nSPS) is 11.9. The first kappa shape index (κ1) is 14.3. The van der Waals surface area contributed by atoms with Crippen molar-refractivity contribution < 1.29 is 18.7 Å². The molecule has 20 heavy (non-hydrogen) atoms. The molecule has 1 heterocycles. The molecule has 1 aromatic carbocycles. The molecule has 2 aromatic rings. The molecule has 0 aliphatic carbocycles. The van der Waals surface area contributed by atoms with Gasteiger partial charge in [-0.2, -0.15) is 0 Å². The Kier molecular flexibility index (Phi) is 4.57. The second kappa shape index (κ2) is 6.38. The molecule has 0 fully saturated rings. The minimum atomic E-state index is -0.652. The Balaban J connectivity index is 2.06. The summed E-state index contributed by atoms with van der Waals surface area (Å²) in [5.41, 5.74) is 0. The van der Waals surface area contributed by atoms with Gasteiger partial charge in [-0.1, -0.05) is 17.7 Å². The first-order valence-electron chi connectivity index (χ1n) is 6.03. The van der Waals surface area contributed by atoms with Gasteiger partial charge >= 0.3 is 11.9 Å². The molecule has 0 radical (unpaired) electrons. The standard InChI is InChI=1S/C13H13ClN2O4/c1-3-18-13(17)12-16-15-11(20-12)8(2)19-10-6-4-5-9(14)7-10/h4-8H,3H2,1-2H3. The van der Waals surface area contributed by atoms with Gasteiger partial charge in [0.1, 0.15) is 5.75 Å². The molecule has 0 saturated carbocycles. The van der Waals surface area contributed by atoms with E-state index in [1.807, 2.05) is 0 Å². The minimum absolute atomic E-state index is 0.188. The molecule has 0 amide bonds. The van der Waals surface area contributed by atoms with Crippen molar-refractivity contribution in [1.29, 1.82) is 0 Å². The summed E-state index contributed by atoms with van der Waals surface area (Å²) in [5, 5.41) is 7.94. The van der Waals surface area contributed by atoms with E-state index in [2.05, 4.69) is 10.2 Å². The van der Waals surface area contributed by atoms with Crippen LogP contribution in [-0.4, -0.2) is 22.8 Å². The van der Waals surface area contributed by atoms with Crippen molar-refractivity contribution in [1.82, 2.24) is 10.2 Å². The van der Waals surface area contributed by atoms with Crippen LogP contribution in [0.5, 0.6) is 5.75 Å². The Morgan fingerprint density at radius 2 is 2.25 bits per heavy atom. The number of halogens is 1. The van der Waals surface area contributed by atoms with Crippen molar-refractivity contribution >= 4 is 17.6 Å². The summed E-state index contributed by atoms with van der Waals surface area (Å²) in [6, 6.07) is 6.93. The van der Waals surface area contributed by atoms with E-state index in [1.54, 1.807) is 38.1 Å². The van der Waals surface area contributed by atoms with E-state index >= 15 is 0 Å². The van der Waals surface area contributed by atoms with Gasteiger partial charge in [-0.25, -0.2) is 4.79 Å². The molecule has 2 rings (SSSR count). The summed E-state index contributed by atoms with van der Waals surface area (Å²) in [6.07, 6.45) is -0.510. The number of carbonyl (C=O) groups is 1. The van der Waals surface area contributed by atoms with Gasteiger partial charge in [-0.15, -0.1) is 10.2 Å². The molecule has 0 saturated heterocycles. The first-order valence-corrected chi connectivity index (χ1v) is 6.40. The quantitative estimate of drug-likeness (QED) is 0.789. The smallest absolute Gasteiger partial charge is 0.396 e. The van der Waals surface area contributed by atoms with Crippen LogP contribution >= 0.6 is 11.6 Å². The zero-order chi connectivity index (χ0) is 14.5. The van der Waals surface area contributed by atoms with E-state index in [1.165, 1.54) is 0 Å². The third kappa shape index (κ3) is 3.48.